The maximum atomic E-state index is 13.0. The molecule has 22 heavy (non-hydrogen) atoms. The molecule has 0 atom stereocenters. The van der Waals surface area contributed by atoms with Crippen LogP contribution >= 0.6 is 0 Å². The summed E-state index contributed by atoms with van der Waals surface area (Å²) >= 11 is 0. The Bertz CT molecular complexity index is 671. The highest BCUT2D eigenvalue weighted by atomic mass is 19.1. The van der Waals surface area contributed by atoms with E-state index >= 15 is 0 Å². The molecule has 0 amide bonds. The number of guanidine groups is 1. The van der Waals surface area contributed by atoms with Crippen molar-refractivity contribution in [3.8, 4) is 5.75 Å². The van der Waals surface area contributed by atoms with Crippen LogP contribution in [0.2, 0.25) is 0 Å². The topological polar surface area (TPSA) is 59.6 Å². The summed E-state index contributed by atoms with van der Waals surface area (Å²) < 4.78 is 18.2. The number of methoxy groups -OCH3 is 1. The van der Waals surface area contributed by atoms with Gasteiger partial charge >= 0.3 is 0 Å². The van der Waals surface area contributed by atoms with Crippen molar-refractivity contribution >= 4 is 11.6 Å². The van der Waals surface area contributed by atoms with Gasteiger partial charge in [-0.3, -0.25) is 4.99 Å². The van der Waals surface area contributed by atoms with E-state index in [2.05, 4.69) is 10.3 Å². The molecule has 0 saturated carbocycles. The summed E-state index contributed by atoms with van der Waals surface area (Å²) in [7, 11) is 1.61. The van der Waals surface area contributed by atoms with E-state index in [9.17, 15) is 4.39 Å². The normalized spacial score (nSPS) is 11.3. The summed E-state index contributed by atoms with van der Waals surface area (Å²) in [4.78, 5) is 4.28. The van der Waals surface area contributed by atoms with Gasteiger partial charge in [-0.1, -0.05) is 12.1 Å². The van der Waals surface area contributed by atoms with Crippen LogP contribution in [0.25, 0.3) is 0 Å². The molecule has 116 valence electrons. The Morgan fingerprint density at radius 2 is 2.09 bits per heavy atom. The van der Waals surface area contributed by atoms with Crippen molar-refractivity contribution in [1.29, 1.82) is 0 Å². The van der Waals surface area contributed by atoms with E-state index in [-0.39, 0.29) is 5.82 Å². The number of nitrogens with zero attached hydrogens (tertiary/aromatic N) is 1. The second-order valence-electron chi connectivity index (χ2n) is 4.94. The fourth-order valence-electron chi connectivity index (χ4n) is 2.12. The number of halogens is 1. The highest BCUT2D eigenvalue weighted by molar-refractivity contribution is 5.92. The van der Waals surface area contributed by atoms with Crippen molar-refractivity contribution < 1.29 is 9.13 Å². The molecule has 2 rings (SSSR count). The molecule has 0 unspecified atom stereocenters. The molecule has 2 aromatic carbocycles. The minimum absolute atomic E-state index is 0.219. The minimum atomic E-state index is -0.219. The van der Waals surface area contributed by atoms with Gasteiger partial charge in [0, 0.05) is 18.3 Å². The molecular formula is C17H20FN3O. The minimum Gasteiger partial charge on any atom is -0.497 e. The Morgan fingerprint density at radius 3 is 2.82 bits per heavy atom. The van der Waals surface area contributed by atoms with E-state index in [1.165, 1.54) is 12.1 Å². The number of nitrogens with one attached hydrogen (secondary N) is 1. The third kappa shape index (κ3) is 4.48. The molecule has 4 nitrogen and oxygen atoms in total. The smallest absolute Gasteiger partial charge is 0.193 e. The highest BCUT2D eigenvalue weighted by Gasteiger charge is 2.01. The quantitative estimate of drug-likeness (QED) is 0.659. The molecule has 0 saturated heterocycles. The third-order valence-corrected chi connectivity index (χ3v) is 3.31. The zero-order chi connectivity index (χ0) is 15.9. The maximum absolute atomic E-state index is 13.0. The molecule has 0 radical (unpaired) electrons. The number of anilines is 1. The number of hydrogen-bond acceptors (Lipinski definition) is 2. The summed E-state index contributed by atoms with van der Waals surface area (Å²) in [6.07, 6.45) is 0.715. The molecule has 3 N–H and O–H groups in total. The number of ether oxygens (including phenoxy) is 1. The van der Waals surface area contributed by atoms with Crippen LogP contribution in [0, 0.1) is 12.7 Å². The molecule has 0 aliphatic carbocycles. The number of rotatable bonds is 5. The molecule has 0 spiro atoms. The van der Waals surface area contributed by atoms with Gasteiger partial charge in [0.25, 0.3) is 0 Å². The van der Waals surface area contributed by atoms with Crippen molar-refractivity contribution in [3.05, 3.63) is 59.4 Å². The SMILES string of the molecule is COc1cccc(NC(N)=NCCc2ccc(F)cc2C)c1. The Morgan fingerprint density at radius 1 is 1.27 bits per heavy atom. The van der Waals surface area contributed by atoms with Gasteiger partial charge in [0.05, 0.1) is 7.11 Å². The van der Waals surface area contributed by atoms with Crippen LogP contribution in [0.1, 0.15) is 11.1 Å². The number of nitrogens with two attached hydrogens (primary N) is 1. The monoisotopic (exact) mass is 301 g/mol. The average molecular weight is 301 g/mol. The number of aliphatic imine (C=N–C) groups is 1. The molecule has 0 aromatic heterocycles. The molecule has 5 heteroatoms. The molecule has 0 aliphatic heterocycles. The van der Waals surface area contributed by atoms with E-state index in [1.807, 2.05) is 31.2 Å². The van der Waals surface area contributed by atoms with Gasteiger partial charge in [0.2, 0.25) is 0 Å². The number of aryl methyl sites for hydroxylation is 1. The maximum Gasteiger partial charge on any atom is 0.193 e. The van der Waals surface area contributed by atoms with E-state index in [1.54, 1.807) is 13.2 Å². The van der Waals surface area contributed by atoms with Gasteiger partial charge in [-0.05, 0) is 48.7 Å². The first-order valence-electron chi connectivity index (χ1n) is 7.04. The largest absolute Gasteiger partial charge is 0.497 e. The molecule has 2 aromatic rings. The lowest BCUT2D eigenvalue weighted by atomic mass is 10.1. The fraction of sp³-hybridized carbons (Fsp3) is 0.235. The first kappa shape index (κ1) is 15.8. The number of hydrogen-bond donors (Lipinski definition) is 2. The Kier molecular flexibility index (Phi) is 5.36. The lowest BCUT2D eigenvalue weighted by Crippen LogP contribution is -2.23. The van der Waals surface area contributed by atoms with Crippen molar-refractivity contribution in [2.24, 2.45) is 10.7 Å². The molecule has 0 aliphatic rings. The molecule has 0 heterocycles. The van der Waals surface area contributed by atoms with Crippen LogP contribution in [0.3, 0.4) is 0 Å². The van der Waals surface area contributed by atoms with Gasteiger partial charge in [-0.2, -0.15) is 0 Å². The van der Waals surface area contributed by atoms with Gasteiger partial charge in [0.15, 0.2) is 5.96 Å². The van der Waals surface area contributed by atoms with Gasteiger partial charge in [0.1, 0.15) is 11.6 Å². The predicted molar refractivity (Wildman–Crippen MR) is 87.9 cm³/mol. The van der Waals surface area contributed by atoms with Crippen LogP contribution in [0.15, 0.2) is 47.5 Å². The van der Waals surface area contributed by atoms with E-state index < -0.39 is 0 Å². The van der Waals surface area contributed by atoms with Crippen molar-refractivity contribution in [2.75, 3.05) is 19.0 Å². The van der Waals surface area contributed by atoms with Crippen LogP contribution in [0.5, 0.6) is 5.75 Å². The first-order valence-corrected chi connectivity index (χ1v) is 7.04. The van der Waals surface area contributed by atoms with E-state index in [4.69, 9.17) is 10.5 Å². The highest BCUT2D eigenvalue weighted by Crippen LogP contribution is 2.16. The zero-order valence-corrected chi connectivity index (χ0v) is 12.8. The molecular weight excluding hydrogens is 281 g/mol. The van der Waals surface area contributed by atoms with Crippen molar-refractivity contribution in [2.45, 2.75) is 13.3 Å². The third-order valence-electron chi connectivity index (χ3n) is 3.31. The summed E-state index contributed by atoms with van der Waals surface area (Å²) in [5, 5.41) is 3.01. The Hall–Kier alpha value is -2.56. The second-order valence-corrected chi connectivity index (χ2v) is 4.94. The number of benzene rings is 2. The lowest BCUT2D eigenvalue weighted by molar-refractivity contribution is 0.415. The summed E-state index contributed by atoms with van der Waals surface area (Å²) in [5.41, 5.74) is 8.67. The Balaban J connectivity index is 1.92. The summed E-state index contributed by atoms with van der Waals surface area (Å²) in [6.45, 7) is 2.43. The van der Waals surface area contributed by atoms with Crippen molar-refractivity contribution in [3.63, 3.8) is 0 Å². The van der Waals surface area contributed by atoms with Crippen LogP contribution < -0.4 is 15.8 Å². The Labute approximate surface area is 129 Å². The summed E-state index contributed by atoms with van der Waals surface area (Å²) in [5.74, 6) is 0.872. The predicted octanol–water partition coefficient (Wildman–Crippen LogP) is 3.11. The van der Waals surface area contributed by atoms with Gasteiger partial charge in [-0.25, -0.2) is 4.39 Å². The first-order chi connectivity index (χ1) is 10.6. The lowest BCUT2D eigenvalue weighted by Gasteiger charge is -2.08. The molecule has 0 fully saturated rings. The van der Waals surface area contributed by atoms with Crippen LogP contribution in [-0.4, -0.2) is 19.6 Å². The van der Waals surface area contributed by atoms with Crippen LogP contribution in [-0.2, 0) is 6.42 Å². The standard InChI is InChI=1S/C17H20FN3O/c1-12-10-14(18)7-6-13(12)8-9-20-17(19)21-15-4-3-5-16(11-15)22-2/h3-7,10-11H,8-9H2,1-2H3,(H3,19,20,21). The van der Waals surface area contributed by atoms with Gasteiger partial charge in [-0.15, -0.1) is 0 Å². The molecule has 0 bridgehead atoms. The van der Waals surface area contributed by atoms with Crippen molar-refractivity contribution in [1.82, 2.24) is 0 Å². The average Bonchev–Trinajstić information content (AvgIpc) is 2.49. The second kappa shape index (κ2) is 7.45. The fourth-order valence-corrected chi connectivity index (χ4v) is 2.12. The van der Waals surface area contributed by atoms with E-state index in [0.29, 0.717) is 18.9 Å². The van der Waals surface area contributed by atoms with E-state index in [0.717, 1.165) is 22.6 Å². The van der Waals surface area contributed by atoms with Gasteiger partial charge < -0.3 is 15.8 Å². The zero-order valence-electron chi connectivity index (χ0n) is 12.8. The summed E-state index contributed by atoms with van der Waals surface area (Å²) in [6, 6.07) is 12.2. The van der Waals surface area contributed by atoms with Crippen LogP contribution in [0.4, 0.5) is 10.1 Å².